The number of hydrogen-bond acceptors (Lipinski definition) is 3. The largest absolute Gasteiger partial charge is 0.370 e. The van der Waals surface area contributed by atoms with Gasteiger partial charge in [-0.3, -0.25) is 0 Å². The zero-order chi connectivity index (χ0) is 12.3. The van der Waals surface area contributed by atoms with Crippen molar-refractivity contribution >= 4 is 27.2 Å². The number of fused-ring (bicyclic) bond motifs is 1. The third-order valence-electron chi connectivity index (χ3n) is 2.95. The van der Waals surface area contributed by atoms with Crippen LogP contribution in [-0.4, -0.2) is 18.1 Å². The van der Waals surface area contributed by atoms with E-state index in [1.54, 1.807) is 11.3 Å². The van der Waals surface area contributed by atoms with E-state index in [-0.39, 0.29) is 0 Å². The second kappa shape index (κ2) is 5.50. The maximum Gasteiger partial charge on any atom is 0.105 e. The molecule has 0 amide bonds. The summed E-state index contributed by atoms with van der Waals surface area (Å²) in [6.45, 7) is 8.46. The third kappa shape index (κ3) is 2.44. The highest BCUT2D eigenvalue weighted by atomic mass is 32.1. The quantitative estimate of drug-likeness (QED) is 0.750. The Morgan fingerprint density at radius 1 is 1.18 bits per heavy atom. The zero-order valence-corrected chi connectivity index (χ0v) is 11.7. The van der Waals surface area contributed by atoms with Crippen LogP contribution in [0, 0.1) is 6.92 Å². The summed E-state index contributed by atoms with van der Waals surface area (Å²) in [5.74, 6) is 0. The molecule has 1 aromatic carbocycles. The summed E-state index contributed by atoms with van der Waals surface area (Å²) >= 11 is 1.79. The van der Waals surface area contributed by atoms with Gasteiger partial charge < -0.3 is 4.90 Å². The molecule has 1 aromatic heterocycles. The first kappa shape index (κ1) is 12.4. The first-order valence-electron chi connectivity index (χ1n) is 6.46. The van der Waals surface area contributed by atoms with Crippen LogP contribution >= 0.6 is 11.3 Å². The second-order valence-corrected chi connectivity index (χ2v) is 5.29. The number of hydrogen-bond donors (Lipinski definition) is 0. The van der Waals surface area contributed by atoms with Gasteiger partial charge in [0.1, 0.15) is 5.52 Å². The smallest absolute Gasteiger partial charge is 0.105 e. The third-order valence-corrected chi connectivity index (χ3v) is 3.89. The van der Waals surface area contributed by atoms with Crippen LogP contribution in [0.1, 0.15) is 31.7 Å². The van der Waals surface area contributed by atoms with Gasteiger partial charge in [-0.15, -0.1) is 11.3 Å². The minimum atomic E-state index is 1.16. The van der Waals surface area contributed by atoms with Gasteiger partial charge in [0.15, 0.2) is 0 Å². The molecule has 2 heterocycles. The minimum absolute atomic E-state index is 1.16. The Hall–Kier alpha value is -1.09. The number of rotatable bonds is 1. The van der Waals surface area contributed by atoms with Gasteiger partial charge in [-0.25, -0.2) is 4.98 Å². The van der Waals surface area contributed by atoms with Crippen molar-refractivity contribution in [3.63, 3.8) is 0 Å². The predicted octanol–water partition coefficient (Wildman–Crippen LogP) is 4.23. The van der Waals surface area contributed by atoms with Gasteiger partial charge in [0.2, 0.25) is 0 Å². The van der Waals surface area contributed by atoms with Crippen molar-refractivity contribution < 1.29 is 0 Å². The van der Waals surface area contributed by atoms with Crippen molar-refractivity contribution in [1.29, 1.82) is 0 Å². The van der Waals surface area contributed by atoms with Crippen LogP contribution in [0.5, 0.6) is 0 Å². The van der Waals surface area contributed by atoms with Crippen LogP contribution in [0.3, 0.4) is 0 Å². The standard InChI is InChI=1S/C12H14N2S.C2H6/c1-9-13-12-10(14-7-2-3-8-14)5-4-6-11(12)15-9;1-2/h4-6H,2-3,7-8H2,1H3;1-2H3. The minimum Gasteiger partial charge on any atom is -0.370 e. The van der Waals surface area contributed by atoms with Crippen molar-refractivity contribution in [3.8, 4) is 0 Å². The molecule has 1 saturated heterocycles. The summed E-state index contributed by atoms with van der Waals surface area (Å²) in [7, 11) is 0. The van der Waals surface area contributed by atoms with E-state index in [2.05, 4.69) is 35.0 Å². The van der Waals surface area contributed by atoms with E-state index >= 15 is 0 Å². The van der Waals surface area contributed by atoms with Gasteiger partial charge in [-0.1, -0.05) is 19.9 Å². The molecule has 1 aliphatic rings. The number of anilines is 1. The number of nitrogens with zero attached hydrogens (tertiary/aromatic N) is 2. The Morgan fingerprint density at radius 2 is 1.88 bits per heavy atom. The van der Waals surface area contributed by atoms with E-state index in [0.29, 0.717) is 0 Å². The fourth-order valence-electron chi connectivity index (χ4n) is 2.26. The Bertz CT molecular complexity index is 484. The highest BCUT2D eigenvalue weighted by Crippen LogP contribution is 2.31. The lowest BCUT2D eigenvalue weighted by molar-refractivity contribution is 0.949. The Kier molecular flexibility index (Phi) is 4.00. The summed E-state index contributed by atoms with van der Waals surface area (Å²) < 4.78 is 1.32. The Labute approximate surface area is 107 Å². The topological polar surface area (TPSA) is 16.1 Å². The summed E-state index contributed by atoms with van der Waals surface area (Å²) in [4.78, 5) is 7.09. The molecule has 0 aliphatic carbocycles. The Balaban J connectivity index is 0.000000514. The fourth-order valence-corrected chi connectivity index (χ4v) is 3.11. The average molecular weight is 248 g/mol. The highest BCUT2D eigenvalue weighted by molar-refractivity contribution is 7.18. The Morgan fingerprint density at radius 3 is 2.59 bits per heavy atom. The molecule has 1 aliphatic heterocycles. The molecule has 0 unspecified atom stereocenters. The summed E-state index contributed by atoms with van der Waals surface area (Å²) in [6.07, 6.45) is 2.64. The zero-order valence-electron chi connectivity index (χ0n) is 10.9. The molecule has 0 atom stereocenters. The first-order valence-corrected chi connectivity index (χ1v) is 7.27. The van der Waals surface area contributed by atoms with E-state index in [0.717, 1.165) is 5.01 Å². The lowest BCUT2D eigenvalue weighted by Crippen LogP contribution is -2.17. The van der Waals surface area contributed by atoms with E-state index in [9.17, 15) is 0 Å². The van der Waals surface area contributed by atoms with Crippen molar-refractivity contribution in [2.75, 3.05) is 18.0 Å². The summed E-state index contributed by atoms with van der Waals surface area (Å²) in [5.41, 5.74) is 2.52. The van der Waals surface area contributed by atoms with Crippen molar-refractivity contribution in [2.45, 2.75) is 33.6 Å². The molecule has 92 valence electrons. The van der Waals surface area contributed by atoms with Gasteiger partial charge in [0, 0.05) is 13.1 Å². The van der Waals surface area contributed by atoms with Crippen molar-refractivity contribution in [1.82, 2.24) is 4.98 Å². The number of benzene rings is 1. The van der Waals surface area contributed by atoms with Gasteiger partial charge >= 0.3 is 0 Å². The summed E-state index contributed by atoms with van der Waals surface area (Å²) in [5, 5.41) is 1.16. The molecule has 0 bridgehead atoms. The molecular formula is C14H20N2S. The average Bonchev–Trinajstić information content (AvgIpc) is 2.98. The normalized spacial score (nSPS) is 14.9. The van der Waals surface area contributed by atoms with E-state index in [4.69, 9.17) is 0 Å². The van der Waals surface area contributed by atoms with Crippen molar-refractivity contribution in [3.05, 3.63) is 23.2 Å². The molecule has 0 saturated carbocycles. The van der Waals surface area contributed by atoms with Crippen LogP contribution < -0.4 is 4.90 Å². The van der Waals surface area contributed by atoms with Gasteiger partial charge in [0.05, 0.1) is 15.4 Å². The monoisotopic (exact) mass is 248 g/mol. The molecule has 0 radical (unpaired) electrons. The molecule has 2 aromatic rings. The van der Waals surface area contributed by atoms with Crippen LogP contribution in [0.4, 0.5) is 5.69 Å². The van der Waals surface area contributed by atoms with Crippen LogP contribution in [0.15, 0.2) is 18.2 Å². The van der Waals surface area contributed by atoms with Crippen molar-refractivity contribution in [2.24, 2.45) is 0 Å². The molecule has 0 N–H and O–H groups in total. The summed E-state index contributed by atoms with van der Waals surface area (Å²) in [6, 6.07) is 6.51. The van der Waals surface area contributed by atoms with Gasteiger partial charge in [-0.05, 0) is 31.9 Å². The number of aromatic nitrogens is 1. The number of thiazole rings is 1. The van der Waals surface area contributed by atoms with E-state index in [1.807, 2.05) is 13.8 Å². The first-order chi connectivity index (χ1) is 8.34. The molecule has 2 nitrogen and oxygen atoms in total. The molecule has 3 heteroatoms. The van der Waals surface area contributed by atoms with E-state index < -0.39 is 0 Å². The number of para-hydroxylation sites is 1. The maximum atomic E-state index is 4.63. The lowest BCUT2D eigenvalue weighted by atomic mass is 10.2. The highest BCUT2D eigenvalue weighted by Gasteiger charge is 2.16. The fraction of sp³-hybridized carbons (Fsp3) is 0.500. The van der Waals surface area contributed by atoms with Gasteiger partial charge in [-0.2, -0.15) is 0 Å². The lowest BCUT2D eigenvalue weighted by Gasteiger charge is -2.17. The molecule has 3 rings (SSSR count). The predicted molar refractivity (Wildman–Crippen MR) is 77.2 cm³/mol. The molecule has 17 heavy (non-hydrogen) atoms. The maximum absolute atomic E-state index is 4.63. The van der Waals surface area contributed by atoms with Crippen LogP contribution in [-0.2, 0) is 0 Å². The van der Waals surface area contributed by atoms with Gasteiger partial charge in [0.25, 0.3) is 0 Å². The molecular weight excluding hydrogens is 228 g/mol. The van der Waals surface area contributed by atoms with Crippen LogP contribution in [0.2, 0.25) is 0 Å². The van der Waals surface area contributed by atoms with Crippen LogP contribution in [0.25, 0.3) is 10.2 Å². The second-order valence-electron chi connectivity index (χ2n) is 4.05. The molecule has 1 fully saturated rings. The number of aryl methyl sites for hydroxylation is 1. The molecule has 0 spiro atoms. The van der Waals surface area contributed by atoms with E-state index in [1.165, 1.54) is 41.8 Å². The SMILES string of the molecule is CC.Cc1nc2c(N3CCCC3)cccc2s1.